The minimum Gasteiger partial charge on any atom is -0.294 e. The molecule has 1 nitrogen and oxygen atoms in total. The van der Waals surface area contributed by atoms with Crippen LogP contribution in [0, 0.1) is 5.92 Å². The van der Waals surface area contributed by atoms with Crippen LogP contribution >= 0.6 is 11.6 Å². The summed E-state index contributed by atoms with van der Waals surface area (Å²) in [5.74, 6) is 0.817. The highest BCUT2D eigenvalue weighted by atomic mass is 35.5. The first-order valence-corrected chi connectivity index (χ1v) is 4.93. The molecule has 2 heteroatoms. The Morgan fingerprint density at radius 2 is 2.08 bits per heavy atom. The van der Waals surface area contributed by atoms with Gasteiger partial charge in [0.25, 0.3) is 0 Å². The van der Waals surface area contributed by atoms with Gasteiger partial charge in [0.15, 0.2) is 5.78 Å². The highest BCUT2D eigenvalue weighted by molar-refractivity contribution is 6.33. The maximum atomic E-state index is 11.6. The van der Waals surface area contributed by atoms with Gasteiger partial charge in [-0.25, -0.2) is 0 Å². The second-order valence-corrected chi connectivity index (χ2v) is 3.96. The lowest BCUT2D eigenvalue weighted by atomic mass is 10.1. The number of carbonyl (C=O) groups excluding carboxylic acids is 1. The number of benzene rings is 1. The molecule has 1 aliphatic rings. The van der Waals surface area contributed by atoms with Crippen LogP contribution in [0.4, 0.5) is 0 Å². The van der Waals surface area contributed by atoms with Crippen LogP contribution in [0.1, 0.15) is 29.6 Å². The molecule has 0 N–H and O–H groups in total. The number of rotatable bonds is 3. The van der Waals surface area contributed by atoms with Crippen LogP contribution in [0.2, 0.25) is 5.02 Å². The molecule has 0 bridgehead atoms. The van der Waals surface area contributed by atoms with Gasteiger partial charge in [-0.3, -0.25) is 4.79 Å². The van der Waals surface area contributed by atoms with Gasteiger partial charge in [-0.15, -0.1) is 0 Å². The van der Waals surface area contributed by atoms with Crippen LogP contribution in [-0.4, -0.2) is 5.78 Å². The van der Waals surface area contributed by atoms with Crippen LogP contribution in [0.5, 0.6) is 0 Å². The van der Waals surface area contributed by atoms with Crippen molar-refractivity contribution in [3.8, 4) is 0 Å². The minimum absolute atomic E-state index is 0.188. The van der Waals surface area contributed by atoms with E-state index in [1.54, 1.807) is 12.1 Å². The van der Waals surface area contributed by atoms with Gasteiger partial charge in [-0.05, 0) is 30.9 Å². The Morgan fingerprint density at radius 3 is 2.69 bits per heavy atom. The van der Waals surface area contributed by atoms with E-state index < -0.39 is 0 Å². The number of hydrogen-bond donors (Lipinski definition) is 0. The summed E-state index contributed by atoms with van der Waals surface area (Å²) in [7, 11) is 0. The Bertz CT molecular complexity index is 329. The van der Waals surface area contributed by atoms with Crippen LogP contribution in [-0.2, 0) is 0 Å². The van der Waals surface area contributed by atoms with Gasteiger partial charge >= 0.3 is 0 Å². The Balaban J connectivity index is 2.13. The molecule has 1 aromatic rings. The summed E-state index contributed by atoms with van der Waals surface area (Å²) in [4.78, 5) is 11.6. The van der Waals surface area contributed by atoms with E-state index >= 15 is 0 Å². The highest BCUT2D eigenvalue weighted by Gasteiger charge is 2.25. The molecule has 0 amide bonds. The summed E-state index contributed by atoms with van der Waals surface area (Å²) in [6.45, 7) is 0. The first kappa shape index (κ1) is 8.76. The molecular formula is C11H11ClO. The number of ketones is 1. The number of hydrogen-bond acceptors (Lipinski definition) is 1. The zero-order valence-electron chi connectivity index (χ0n) is 7.29. The van der Waals surface area contributed by atoms with Crippen molar-refractivity contribution in [1.82, 2.24) is 0 Å². The van der Waals surface area contributed by atoms with E-state index in [9.17, 15) is 4.79 Å². The van der Waals surface area contributed by atoms with E-state index in [-0.39, 0.29) is 5.78 Å². The lowest BCUT2D eigenvalue weighted by molar-refractivity contribution is 0.0976. The predicted molar refractivity (Wildman–Crippen MR) is 53.1 cm³/mol. The van der Waals surface area contributed by atoms with Gasteiger partial charge in [0, 0.05) is 12.0 Å². The standard InChI is InChI=1S/C11H11ClO/c12-10-4-2-1-3-9(10)11(13)7-8-5-6-8/h1-4,8H,5-7H2. The van der Waals surface area contributed by atoms with Crippen LogP contribution < -0.4 is 0 Å². The normalized spacial score (nSPS) is 15.8. The third-order valence-corrected chi connectivity index (χ3v) is 2.67. The lowest BCUT2D eigenvalue weighted by Gasteiger charge is -2.01. The van der Waals surface area contributed by atoms with E-state index in [0.717, 1.165) is 0 Å². The van der Waals surface area contributed by atoms with E-state index in [0.29, 0.717) is 22.9 Å². The average Bonchev–Trinajstić information content (AvgIpc) is 2.89. The van der Waals surface area contributed by atoms with E-state index in [1.807, 2.05) is 12.1 Å². The molecule has 0 unspecified atom stereocenters. The lowest BCUT2D eigenvalue weighted by Crippen LogP contribution is -2.00. The fourth-order valence-electron chi connectivity index (χ4n) is 1.38. The van der Waals surface area contributed by atoms with Crippen molar-refractivity contribution in [3.05, 3.63) is 34.9 Å². The molecule has 0 radical (unpaired) electrons. The molecule has 0 aliphatic heterocycles. The van der Waals surface area contributed by atoms with Gasteiger partial charge in [0.1, 0.15) is 0 Å². The van der Waals surface area contributed by atoms with E-state index in [4.69, 9.17) is 11.6 Å². The number of Topliss-reactive ketones (excluding diaryl/α,β-unsaturated/α-hetero) is 1. The van der Waals surface area contributed by atoms with Gasteiger partial charge < -0.3 is 0 Å². The number of carbonyl (C=O) groups is 1. The van der Waals surface area contributed by atoms with Gasteiger partial charge in [-0.1, -0.05) is 23.7 Å². The van der Waals surface area contributed by atoms with Crippen molar-refractivity contribution < 1.29 is 4.79 Å². The third kappa shape index (κ3) is 2.10. The van der Waals surface area contributed by atoms with Crippen molar-refractivity contribution in [2.24, 2.45) is 5.92 Å². The van der Waals surface area contributed by atoms with Crippen molar-refractivity contribution in [2.75, 3.05) is 0 Å². The predicted octanol–water partition coefficient (Wildman–Crippen LogP) is 3.32. The molecule has 2 rings (SSSR count). The zero-order chi connectivity index (χ0) is 9.26. The van der Waals surface area contributed by atoms with Crippen molar-refractivity contribution in [3.63, 3.8) is 0 Å². The average molecular weight is 195 g/mol. The number of halogens is 1. The molecule has 1 aliphatic carbocycles. The van der Waals surface area contributed by atoms with Crippen molar-refractivity contribution >= 4 is 17.4 Å². The summed E-state index contributed by atoms with van der Waals surface area (Å²) in [5.41, 5.74) is 0.677. The van der Waals surface area contributed by atoms with Gasteiger partial charge in [0.2, 0.25) is 0 Å². The van der Waals surface area contributed by atoms with Gasteiger partial charge in [-0.2, -0.15) is 0 Å². The first-order chi connectivity index (χ1) is 6.27. The molecule has 13 heavy (non-hydrogen) atoms. The summed E-state index contributed by atoms with van der Waals surface area (Å²) < 4.78 is 0. The minimum atomic E-state index is 0.188. The smallest absolute Gasteiger partial charge is 0.164 e. The highest BCUT2D eigenvalue weighted by Crippen LogP contribution is 2.34. The molecule has 1 fully saturated rings. The summed E-state index contributed by atoms with van der Waals surface area (Å²) in [6, 6.07) is 7.26. The molecular weight excluding hydrogens is 184 g/mol. The molecule has 0 spiro atoms. The molecule has 68 valence electrons. The van der Waals surface area contributed by atoms with Gasteiger partial charge in [0.05, 0.1) is 5.02 Å². The monoisotopic (exact) mass is 194 g/mol. The topological polar surface area (TPSA) is 17.1 Å². The Kier molecular flexibility index (Phi) is 2.36. The second kappa shape index (κ2) is 3.51. The Hall–Kier alpha value is -0.820. The summed E-state index contributed by atoms with van der Waals surface area (Å²) in [6.07, 6.45) is 3.08. The van der Waals surface area contributed by atoms with Crippen LogP contribution in [0.3, 0.4) is 0 Å². The molecule has 0 heterocycles. The fourth-order valence-corrected chi connectivity index (χ4v) is 1.62. The largest absolute Gasteiger partial charge is 0.294 e. The first-order valence-electron chi connectivity index (χ1n) is 4.55. The fraction of sp³-hybridized carbons (Fsp3) is 0.364. The molecule has 0 atom stereocenters. The van der Waals surface area contributed by atoms with Crippen molar-refractivity contribution in [2.45, 2.75) is 19.3 Å². The molecule has 1 saturated carbocycles. The zero-order valence-corrected chi connectivity index (χ0v) is 8.05. The SMILES string of the molecule is O=C(CC1CC1)c1ccccc1Cl. The maximum absolute atomic E-state index is 11.6. The Labute approximate surface area is 82.7 Å². The van der Waals surface area contributed by atoms with Crippen LogP contribution in [0.15, 0.2) is 24.3 Å². The third-order valence-electron chi connectivity index (χ3n) is 2.35. The molecule has 1 aromatic carbocycles. The molecule has 0 saturated heterocycles. The van der Waals surface area contributed by atoms with E-state index in [1.165, 1.54) is 12.8 Å². The second-order valence-electron chi connectivity index (χ2n) is 3.55. The van der Waals surface area contributed by atoms with Crippen molar-refractivity contribution in [1.29, 1.82) is 0 Å². The van der Waals surface area contributed by atoms with E-state index in [2.05, 4.69) is 0 Å². The Morgan fingerprint density at radius 1 is 1.38 bits per heavy atom. The molecule has 0 aromatic heterocycles. The summed E-state index contributed by atoms with van der Waals surface area (Å²) in [5, 5.41) is 0.577. The van der Waals surface area contributed by atoms with Crippen LogP contribution in [0.25, 0.3) is 0 Å². The maximum Gasteiger partial charge on any atom is 0.164 e. The quantitative estimate of drug-likeness (QED) is 0.675. The summed E-state index contributed by atoms with van der Waals surface area (Å²) >= 11 is 5.90.